The lowest BCUT2D eigenvalue weighted by Crippen LogP contribution is -2.56. The minimum Gasteiger partial charge on any atom is -0.483 e. The molecule has 2 aliphatic heterocycles. The van der Waals surface area contributed by atoms with E-state index in [9.17, 15) is 29.1 Å². The summed E-state index contributed by atoms with van der Waals surface area (Å²) in [6, 6.07) is 7.56. The Morgan fingerprint density at radius 2 is 1.77 bits per heavy atom. The Morgan fingerprint density at radius 3 is 2.47 bits per heavy atom. The highest BCUT2D eigenvalue weighted by molar-refractivity contribution is 5.99. The van der Waals surface area contributed by atoms with Gasteiger partial charge in [0.15, 0.2) is 6.61 Å². The molecule has 0 radical (unpaired) electrons. The van der Waals surface area contributed by atoms with Crippen molar-refractivity contribution in [1.29, 1.82) is 0 Å². The molecule has 3 heterocycles. The molecule has 1 aromatic carbocycles. The number of piperazine rings is 1. The summed E-state index contributed by atoms with van der Waals surface area (Å²) in [5.41, 5.74) is 0.433. The summed E-state index contributed by atoms with van der Waals surface area (Å²) < 4.78 is 11.0. The molecule has 2 saturated heterocycles. The first kappa shape index (κ1) is 31.5. The summed E-state index contributed by atoms with van der Waals surface area (Å²) in [5.74, 6) is -2.05. The van der Waals surface area contributed by atoms with Crippen LogP contribution in [-0.2, 0) is 19.1 Å². The van der Waals surface area contributed by atoms with Crippen molar-refractivity contribution in [3.8, 4) is 5.75 Å². The Kier molecular flexibility index (Phi) is 10.7. The van der Waals surface area contributed by atoms with E-state index in [1.165, 1.54) is 15.9 Å². The summed E-state index contributed by atoms with van der Waals surface area (Å²) in [6.07, 6.45) is 1.87. The summed E-state index contributed by atoms with van der Waals surface area (Å²) in [7, 11) is 0. The highest BCUT2D eigenvalue weighted by Gasteiger charge is 2.32. The van der Waals surface area contributed by atoms with Crippen LogP contribution in [0.3, 0.4) is 0 Å². The smallest absolute Gasteiger partial charge is 0.409 e. The van der Waals surface area contributed by atoms with Gasteiger partial charge in [-0.1, -0.05) is 19.1 Å². The molecule has 4 rings (SSSR count). The molecule has 2 fully saturated rings. The Balaban J connectivity index is 1.49. The topological polar surface area (TPSA) is 159 Å². The molecule has 2 aliphatic rings. The number of fused-ring (bicyclic) bond motifs is 1. The molecular formula is C30H39N5O8. The second-order valence-corrected chi connectivity index (χ2v) is 10.6. The first-order chi connectivity index (χ1) is 20.7. The molecule has 2 N–H and O–H groups in total. The van der Waals surface area contributed by atoms with Gasteiger partial charge < -0.3 is 34.6 Å². The Morgan fingerprint density at radius 1 is 1.05 bits per heavy atom. The van der Waals surface area contributed by atoms with E-state index in [4.69, 9.17) is 9.47 Å². The monoisotopic (exact) mass is 597 g/mol. The van der Waals surface area contributed by atoms with Crippen LogP contribution in [0.1, 0.15) is 56.4 Å². The van der Waals surface area contributed by atoms with Gasteiger partial charge in [0.05, 0.1) is 12.1 Å². The predicted octanol–water partition coefficient (Wildman–Crippen LogP) is 2.28. The van der Waals surface area contributed by atoms with Gasteiger partial charge in [0, 0.05) is 56.6 Å². The molecule has 2 atom stereocenters. The Bertz CT molecular complexity index is 1340. The van der Waals surface area contributed by atoms with E-state index in [1.807, 2.05) is 4.90 Å². The number of hydrogen-bond donors (Lipinski definition) is 2. The van der Waals surface area contributed by atoms with Crippen molar-refractivity contribution in [2.45, 2.75) is 58.0 Å². The summed E-state index contributed by atoms with van der Waals surface area (Å²) in [4.78, 5) is 72.4. The molecule has 232 valence electrons. The summed E-state index contributed by atoms with van der Waals surface area (Å²) >= 11 is 0. The van der Waals surface area contributed by atoms with Crippen molar-refractivity contribution in [3.63, 3.8) is 0 Å². The van der Waals surface area contributed by atoms with Crippen LogP contribution in [0.4, 0.5) is 4.79 Å². The minimum atomic E-state index is -1.13. The first-order valence-corrected chi connectivity index (χ1v) is 14.8. The fourth-order valence-electron chi connectivity index (χ4n) is 5.49. The zero-order valence-corrected chi connectivity index (χ0v) is 24.6. The van der Waals surface area contributed by atoms with Crippen LogP contribution in [0.2, 0.25) is 0 Å². The van der Waals surface area contributed by atoms with Gasteiger partial charge in [-0.05, 0) is 44.7 Å². The van der Waals surface area contributed by atoms with Crippen molar-refractivity contribution in [3.05, 3.63) is 36.0 Å². The van der Waals surface area contributed by atoms with Crippen molar-refractivity contribution in [2.75, 3.05) is 45.9 Å². The van der Waals surface area contributed by atoms with Gasteiger partial charge in [-0.25, -0.2) is 9.78 Å². The van der Waals surface area contributed by atoms with Gasteiger partial charge >= 0.3 is 12.1 Å². The fraction of sp³-hybridized carbons (Fsp3) is 0.533. The number of nitrogens with zero attached hydrogens (tertiary/aromatic N) is 4. The van der Waals surface area contributed by atoms with E-state index in [2.05, 4.69) is 17.2 Å². The molecule has 0 bridgehead atoms. The normalized spacial score (nSPS) is 17.4. The largest absolute Gasteiger partial charge is 0.483 e. The summed E-state index contributed by atoms with van der Waals surface area (Å²) in [6.45, 7) is 5.45. The van der Waals surface area contributed by atoms with Crippen LogP contribution in [-0.4, -0.2) is 113 Å². The zero-order chi connectivity index (χ0) is 30.9. The number of carbonyl (C=O) groups is 5. The lowest BCUT2D eigenvalue weighted by Gasteiger charge is -2.35. The highest BCUT2D eigenvalue weighted by Crippen LogP contribution is 2.27. The standard InChI is InChI=1S/C30H39N5O8/c1-3-20-8-7-13-35(20)26(36)19-43-25-18-24(31-22-10-6-5-9-21(22)25)28(39)32-23(11-12-27(37)38)29(40)33-14-16-34(17-15-33)30(41)42-4-2/h5-6,9-10,18,20,23H,3-4,7-8,11-17,19H2,1-2H3,(H,32,39)(H,37,38)/t20?,23-/m0/s1. The number of hydrogen-bond acceptors (Lipinski definition) is 8. The van der Waals surface area contributed by atoms with Crippen LogP contribution in [0.5, 0.6) is 5.75 Å². The van der Waals surface area contributed by atoms with E-state index in [-0.39, 0.29) is 69.9 Å². The number of pyridine rings is 1. The van der Waals surface area contributed by atoms with Gasteiger partial charge in [0.25, 0.3) is 11.8 Å². The molecule has 13 heteroatoms. The SMILES string of the molecule is CCOC(=O)N1CCN(C(=O)[C@H](CCC(=O)O)NC(=O)c2cc(OCC(=O)N3CCCC3CC)c3ccccc3n2)CC1. The maximum Gasteiger partial charge on any atom is 0.409 e. The van der Waals surface area contributed by atoms with Crippen LogP contribution in [0.15, 0.2) is 30.3 Å². The van der Waals surface area contributed by atoms with Crippen LogP contribution < -0.4 is 10.1 Å². The molecule has 1 aromatic heterocycles. The van der Waals surface area contributed by atoms with E-state index >= 15 is 0 Å². The number of ether oxygens (including phenoxy) is 2. The molecule has 0 saturated carbocycles. The van der Waals surface area contributed by atoms with E-state index in [1.54, 1.807) is 31.2 Å². The second kappa shape index (κ2) is 14.7. The highest BCUT2D eigenvalue weighted by atomic mass is 16.6. The number of benzene rings is 1. The third kappa shape index (κ3) is 7.90. The summed E-state index contributed by atoms with van der Waals surface area (Å²) in [5, 5.41) is 12.6. The molecule has 13 nitrogen and oxygen atoms in total. The van der Waals surface area contributed by atoms with E-state index in [0.29, 0.717) is 23.2 Å². The van der Waals surface area contributed by atoms with Crippen molar-refractivity contribution in [2.24, 2.45) is 0 Å². The maximum atomic E-state index is 13.4. The predicted molar refractivity (Wildman–Crippen MR) is 156 cm³/mol. The number of aliphatic carboxylic acids is 1. The molecular weight excluding hydrogens is 558 g/mol. The third-order valence-electron chi connectivity index (χ3n) is 7.80. The van der Waals surface area contributed by atoms with Crippen LogP contribution in [0.25, 0.3) is 10.9 Å². The van der Waals surface area contributed by atoms with Gasteiger partial charge in [0.2, 0.25) is 5.91 Å². The number of likely N-dealkylation sites (tertiary alicyclic amines) is 1. The lowest BCUT2D eigenvalue weighted by molar-refractivity contribution is -0.138. The zero-order valence-electron chi connectivity index (χ0n) is 24.6. The number of amides is 4. The molecule has 4 amide bonds. The van der Waals surface area contributed by atoms with Crippen molar-refractivity contribution < 1.29 is 38.6 Å². The van der Waals surface area contributed by atoms with E-state index < -0.39 is 29.9 Å². The van der Waals surface area contributed by atoms with Gasteiger partial charge in [-0.2, -0.15) is 0 Å². The number of carboxylic acids is 1. The van der Waals surface area contributed by atoms with E-state index in [0.717, 1.165) is 19.3 Å². The fourth-order valence-corrected chi connectivity index (χ4v) is 5.49. The Hall–Kier alpha value is -4.42. The second-order valence-electron chi connectivity index (χ2n) is 10.6. The molecule has 0 spiro atoms. The van der Waals surface area contributed by atoms with Crippen molar-refractivity contribution in [1.82, 2.24) is 25.0 Å². The molecule has 2 aromatic rings. The molecule has 1 unspecified atom stereocenters. The number of rotatable bonds is 11. The maximum absolute atomic E-state index is 13.4. The lowest BCUT2D eigenvalue weighted by atomic mass is 10.1. The van der Waals surface area contributed by atoms with Crippen molar-refractivity contribution >= 4 is 40.7 Å². The number of nitrogens with one attached hydrogen (secondary N) is 1. The minimum absolute atomic E-state index is 0.0333. The molecule has 0 aliphatic carbocycles. The van der Waals surface area contributed by atoms with Crippen LogP contribution >= 0.6 is 0 Å². The van der Waals surface area contributed by atoms with Gasteiger partial charge in [-0.3, -0.25) is 19.2 Å². The average Bonchev–Trinajstić information content (AvgIpc) is 3.50. The number of carboxylic acid groups (broad SMARTS) is 1. The Labute approximate surface area is 250 Å². The van der Waals surface area contributed by atoms with Gasteiger partial charge in [0.1, 0.15) is 17.5 Å². The first-order valence-electron chi connectivity index (χ1n) is 14.8. The average molecular weight is 598 g/mol. The molecule has 43 heavy (non-hydrogen) atoms. The number of carbonyl (C=O) groups excluding carboxylic acids is 4. The number of aromatic nitrogens is 1. The number of para-hydroxylation sites is 1. The quantitative estimate of drug-likeness (QED) is 0.396. The van der Waals surface area contributed by atoms with Crippen LogP contribution in [0, 0.1) is 0 Å². The van der Waals surface area contributed by atoms with Gasteiger partial charge in [-0.15, -0.1) is 0 Å². The third-order valence-corrected chi connectivity index (χ3v) is 7.80.